The van der Waals surface area contributed by atoms with Gasteiger partial charge in [-0.1, -0.05) is 12.1 Å². The number of carboxylic acid groups (broad SMARTS) is 1. The van der Waals surface area contributed by atoms with Crippen molar-refractivity contribution in [3.05, 3.63) is 89.5 Å². The molecule has 3 rings (SSSR count). The maximum absolute atomic E-state index is 13.9. The molecule has 0 radical (unpaired) electrons. The lowest BCUT2D eigenvalue weighted by Crippen LogP contribution is -2.26. The third kappa shape index (κ3) is 6.09. The molecule has 0 aliphatic heterocycles. The van der Waals surface area contributed by atoms with E-state index < -0.39 is 33.7 Å². The summed E-state index contributed by atoms with van der Waals surface area (Å²) in [5, 5.41) is 9.60. The molecule has 1 atom stereocenters. The first-order valence-corrected chi connectivity index (χ1v) is 11.7. The Bertz CT molecular complexity index is 1250. The molecule has 1 unspecified atom stereocenters. The second-order valence-corrected chi connectivity index (χ2v) is 9.39. The summed E-state index contributed by atoms with van der Waals surface area (Å²) in [5.41, 5.74) is 0.682. The van der Waals surface area contributed by atoms with E-state index in [9.17, 15) is 27.1 Å². The van der Waals surface area contributed by atoms with E-state index in [1.54, 1.807) is 19.1 Å². The minimum absolute atomic E-state index is 0.0178. The van der Waals surface area contributed by atoms with Crippen LogP contribution < -0.4 is 9.47 Å². The molecule has 0 saturated carbocycles. The molecule has 0 aliphatic carbocycles. The highest BCUT2D eigenvalue weighted by Crippen LogP contribution is 2.27. The van der Waals surface area contributed by atoms with Crippen LogP contribution in [-0.4, -0.2) is 37.5 Å². The van der Waals surface area contributed by atoms with E-state index in [1.807, 2.05) is 0 Å². The third-order valence-corrected chi connectivity index (χ3v) is 6.65. The van der Waals surface area contributed by atoms with Crippen LogP contribution in [0, 0.1) is 11.6 Å². The van der Waals surface area contributed by atoms with Crippen molar-refractivity contribution in [2.24, 2.45) is 0 Å². The average Bonchev–Trinajstić information content (AvgIpc) is 2.78. The lowest BCUT2D eigenvalue weighted by Gasteiger charge is -2.19. The fraction of sp³-hybridized carbons (Fsp3) is 0.208. The van der Waals surface area contributed by atoms with Crippen molar-refractivity contribution in [2.75, 3.05) is 13.7 Å². The van der Waals surface area contributed by atoms with Crippen LogP contribution in [0.5, 0.6) is 11.5 Å². The van der Waals surface area contributed by atoms with Gasteiger partial charge in [-0.3, -0.25) is 0 Å². The summed E-state index contributed by atoms with van der Waals surface area (Å²) in [4.78, 5) is 11.7. The van der Waals surface area contributed by atoms with Crippen LogP contribution in [-0.2, 0) is 21.4 Å². The van der Waals surface area contributed by atoms with Gasteiger partial charge in [0.2, 0.25) is 16.1 Å². The average molecular weight is 492 g/mol. The Hall–Kier alpha value is -3.50. The summed E-state index contributed by atoms with van der Waals surface area (Å²) < 4.78 is 64.3. The van der Waals surface area contributed by atoms with Crippen LogP contribution in [0.2, 0.25) is 0 Å². The molecule has 34 heavy (non-hydrogen) atoms. The monoisotopic (exact) mass is 491 g/mol. The van der Waals surface area contributed by atoms with Crippen LogP contribution in [0.3, 0.4) is 0 Å². The van der Waals surface area contributed by atoms with Gasteiger partial charge in [0.15, 0.2) is 0 Å². The van der Waals surface area contributed by atoms with Gasteiger partial charge in [0, 0.05) is 25.2 Å². The van der Waals surface area contributed by atoms with Gasteiger partial charge >= 0.3 is 5.97 Å². The van der Waals surface area contributed by atoms with Crippen molar-refractivity contribution >= 4 is 16.0 Å². The first-order chi connectivity index (χ1) is 16.1. The predicted octanol–water partition coefficient (Wildman–Crippen LogP) is 4.39. The topological polar surface area (TPSA) is 93.1 Å². The highest BCUT2D eigenvalue weighted by atomic mass is 32.2. The molecular formula is C24H23F2NO6S. The lowest BCUT2D eigenvalue weighted by molar-refractivity contribution is -0.145. The molecule has 0 aliphatic rings. The molecule has 10 heteroatoms. The minimum Gasteiger partial charge on any atom is -0.494 e. The van der Waals surface area contributed by atoms with Gasteiger partial charge in [-0.05, 0) is 61.0 Å². The molecule has 180 valence electrons. The number of aliphatic carboxylic acids is 1. The number of nitrogens with zero attached hydrogens (tertiary/aromatic N) is 1. The number of carbonyl (C=O) groups is 1. The van der Waals surface area contributed by atoms with Crippen molar-refractivity contribution in [2.45, 2.75) is 24.5 Å². The molecule has 7 nitrogen and oxygen atoms in total. The number of ether oxygens (including phenoxy) is 2. The van der Waals surface area contributed by atoms with Gasteiger partial charge in [0.1, 0.15) is 23.1 Å². The zero-order chi connectivity index (χ0) is 24.9. The van der Waals surface area contributed by atoms with Crippen molar-refractivity contribution in [3.63, 3.8) is 0 Å². The number of sulfonamides is 1. The summed E-state index contributed by atoms with van der Waals surface area (Å²) >= 11 is 0. The van der Waals surface area contributed by atoms with Crippen LogP contribution in [0.4, 0.5) is 8.78 Å². The van der Waals surface area contributed by atoms with E-state index in [2.05, 4.69) is 0 Å². The number of hydrogen-bond acceptors (Lipinski definition) is 5. The Balaban J connectivity index is 1.74. The van der Waals surface area contributed by atoms with Crippen molar-refractivity contribution in [3.8, 4) is 11.5 Å². The van der Waals surface area contributed by atoms with Crippen LogP contribution in [0.25, 0.3) is 0 Å². The van der Waals surface area contributed by atoms with Crippen LogP contribution in [0.15, 0.2) is 71.6 Å². The van der Waals surface area contributed by atoms with E-state index >= 15 is 0 Å². The molecule has 0 spiro atoms. The number of halogens is 2. The molecule has 0 aromatic heterocycles. The maximum Gasteiger partial charge on any atom is 0.349 e. The lowest BCUT2D eigenvalue weighted by atomic mass is 10.1. The Morgan fingerprint density at radius 1 is 0.971 bits per heavy atom. The first kappa shape index (κ1) is 25.1. The van der Waals surface area contributed by atoms with Gasteiger partial charge in [0.05, 0.1) is 11.5 Å². The summed E-state index contributed by atoms with van der Waals surface area (Å²) in [6.07, 6.45) is -1.48. The Morgan fingerprint density at radius 3 is 2.21 bits per heavy atom. The molecule has 0 fully saturated rings. The largest absolute Gasteiger partial charge is 0.494 e. The number of carboxylic acids is 1. The van der Waals surface area contributed by atoms with E-state index in [4.69, 9.17) is 9.47 Å². The number of hydrogen-bond donors (Lipinski definition) is 1. The summed E-state index contributed by atoms with van der Waals surface area (Å²) in [5.74, 6) is -2.13. The second kappa shape index (κ2) is 10.6. The Kier molecular flexibility index (Phi) is 7.85. The highest BCUT2D eigenvalue weighted by molar-refractivity contribution is 7.89. The zero-order valence-electron chi connectivity index (χ0n) is 18.4. The molecule has 3 aromatic rings. The summed E-state index contributed by atoms with van der Waals surface area (Å²) in [6, 6.07) is 14.3. The molecule has 0 heterocycles. The van der Waals surface area contributed by atoms with E-state index in [0.29, 0.717) is 5.56 Å². The SMILES string of the molecule is CCOc1cc(F)cc(C(Oc2ccc(CN(C)S(=O)(=O)c3ccc(F)cc3)cc2)C(=O)O)c1. The Morgan fingerprint density at radius 2 is 1.62 bits per heavy atom. The summed E-state index contributed by atoms with van der Waals surface area (Å²) in [6.45, 7) is 2.03. The van der Waals surface area contributed by atoms with E-state index in [-0.39, 0.29) is 35.1 Å². The fourth-order valence-corrected chi connectivity index (χ4v) is 4.34. The first-order valence-electron chi connectivity index (χ1n) is 10.2. The fourth-order valence-electron chi connectivity index (χ4n) is 3.18. The number of benzene rings is 3. The predicted molar refractivity (Wildman–Crippen MR) is 120 cm³/mol. The molecule has 0 bridgehead atoms. The summed E-state index contributed by atoms with van der Waals surface area (Å²) in [7, 11) is -2.44. The second-order valence-electron chi connectivity index (χ2n) is 7.35. The quantitative estimate of drug-likeness (QED) is 0.452. The van der Waals surface area contributed by atoms with Crippen molar-refractivity contribution < 1.29 is 36.6 Å². The standard InChI is InChI=1S/C24H23F2NO6S/c1-3-32-21-13-17(12-19(26)14-21)23(24(28)29)33-20-8-4-16(5-9-20)15-27(2)34(30,31)22-10-6-18(25)7-11-22/h4-14,23H,3,15H2,1-2H3,(H,28,29). The van der Waals surface area contributed by atoms with Gasteiger partial charge in [0.25, 0.3) is 0 Å². The van der Waals surface area contributed by atoms with Crippen LogP contribution in [0.1, 0.15) is 24.2 Å². The molecule has 1 N–H and O–H groups in total. The van der Waals surface area contributed by atoms with E-state index in [0.717, 1.165) is 28.6 Å². The molecule has 0 saturated heterocycles. The minimum atomic E-state index is -3.83. The highest BCUT2D eigenvalue weighted by Gasteiger charge is 2.24. The number of rotatable bonds is 10. The smallest absolute Gasteiger partial charge is 0.349 e. The molecule has 0 amide bonds. The van der Waals surface area contributed by atoms with Gasteiger partial charge in [-0.2, -0.15) is 4.31 Å². The maximum atomic E-state index is 13.9. The van der Waals surface area contributed by atoms with Gasteiger partial charge in [-0.25, -0.2) is 22.0 Å². The van der Waals surface area contributed by atoms with Gasteiger partial charge < -0.3 is 14.6 Å². The van der Waals surface area contributed by atoms with Crippen molar-refractivity contribution in [1.82, 2.24) is 4.31 Å². The Labute approximate surface area is 196 Å². The normalized spacial score (nSPS) is 12.4. The third-order valence-electron chi connectivity index (χ3n) is 4.84. The van der Waals surface area contributed by atoms with E-state index in [1.165, 1.54) is 37.4 Å². The zero-order valence-corrected chi connectivity index (χ0v) is 19.3. The molecular weight excluding hydrogens is 468 g/mol. The van der Waals surface area contributed by atoms with Crippen molar-refractivity contribution in [1.29, 1.82) is 0 Å². The molecule has 3 aromatic carbocycles. The van der Waals surface area contributed by atoms with Crippen LogP contribution >= 0.6 is 0 Å². The van der Waals surface area contributed by atoms with Gasteiger partial charge in [-0.15, -0.1) is 0 Å².